The molecule has 3 rings (SSSR count). The van der Waals surface area contributed by atoms with E-state index in [1.54, 1.807) is 11.3 Å². The molecule has 0 amide bonds. The number of fused-ring (bicyclic) bond motifs is 1. The van der Waals surface area contributed by atoms with Gasteiger partial charge in [0.25, 0.3) is 0 Å². The van der Waals surface area contributed by atoms with Crippen LogP contribution in [0.2, 0.25) is 0 Å². The molecule has 20 heavy (non-hydrogen) atoms. The fourth-order valence-corrected chi connectivity index (χ4v) is 5.27. The molecule has 0 aliphatic carbocycles. The number of imidazole rings is 1. The van der Waals surface area contributed by atoms with Gasteiger partial charge in [-0.3, -0.25) is 0 Å². The number of aromatic amines is 2. The normalized spacial score (nSPS) is 13.0. The van der Waals surface area contributed by atoms with Crippen molar-refractivity contribution in [3.63, 3.8) is 0 Å². The third kappa shape index (κ3) is 2.56. The highest BCUT2D eigenvalue weighted by molar-refractivity contribution is 9.11. The summed E-state index contributed by atoms with van der Waals surface area (Å²) in [4.78, 5) is 18.2. The van der Waals surface area contributed by atoms with Gasteiger partial charge in [0.2, 0.25) is 0 Å². The molecular weight excluding hydrogens is 472 g/mol. The van der Waals surface area contributed by atoms with Crippen molar-refractivity contribution in [2.75, 3.05) is 0 Å². The number of hydrogen-bond donors (Lipinski definition) is 2. The lowest BCUT2D eigenvalue weighted by Crippen LogP contribution is -1.99. The van der Waals surface area contributed by atoms with Gasteiger partial charge in [-0.2, -0.15) is 0 Å². The Morgan fingerprint density at radius 2 is 1.80 bits per heavy atom. The van der Waals surface area contributed by atoms with Crippen molar-refractivity contribution in [2.24, 2.45) is 0 Å². The number of H-pyrrole nitrogens is 2. The summed E-state index contributed by atoms with van der Waals surface area (Å²) in [6, 6.07) is 6.07. The molecule has 0 spiro atoms. The Morgan fingerprint density at radius 3 is 2.40 bits per heavy atom. The number of halogens is 3. The Kier molecular flexibility index (Phi) is 3.96. The average molecular weight is 481 g/mol. The topological polar surface area (TPSA) is 48.6 Å². The van der Waals surface area contributed by atoms with Gasteiger partial charge in [-0.15, -0.1) is 11.3 Å². The van der Waals surface area contributed by atoms with Gasteiger partial charge in [-0.05, 0) is 52.2 Å². The third-order valence-electron chi connectivity index (χ3n) is 3.03. The van der Waals surface area contributed by atoms with Gasteiger partial charge in [-0.25, -0.2) is 4.79 Å². The smallest absolute Gasteiger partial charge is 0.306 e. The van der Waals surface area contributed by atoms with E-state index in [-0.39, 0.29) is 10.5 Å². The summed E-state index contributed by atoms with van der Waals surface area (Å²) in [5.74, 6) is 0. The van der Waals surface area contributed by atoms with E-state index in [4.69, 9.17) is 0 Å². The quantitative estimate of drug-likeness (QED) is 0.484. The molecule has 1 unspecified atom stereocenters. The van der Waals surface area contributed by atoms with Crippen LogP contribution >= 0.6 is 59.1 Å². The van der Waals surface area contributed by atoms with Crippen LogP contribution in [-0.4, -0.2) is 9.97 Å². The van der Waals surface area contributed by atoms with E-state index in [9.17, 15) is 4.79 Å². The summed E-state index contributed by atoms with van der Waals surface area (Å²) >= 11 is 12.6. The highest BCUT2D eigenvalue weighted by atomic mass is 79.9. The number of aryl methyl sites for hydroxylation is 1. The van der Waals surface area contributed by atoms with Gasteiger partial charge < -0.3 is 9.97 Å². The first-order chi connectivity index (χ1) is 9.45. The zero-order valence-corrected chi connectivity index (χ0v) is 15.8. The highest BCUT2D eigenvalue weighted by Crippen LogP contribution is 2.42. The summed E-state index contributed by atoms with van der Waals surface area (Å²) in [7, 11) is 0. The minimum atomic E-state index is -0.190. The molecule has 0 aliphatic heterocycles. The minimum absolute atomic E-state index is 0.0784. The molecule has 2 aromatic heterocycles. The lowest BCUT2D eigenvalue weighted by atomic mass is 10.1. The first-order valence-electron chi connectivity index (χ1n) is 5.77. The van der Waals surface area contributed by atoms with Crippen LogP contribution in [0.4, 0.5) is 0 Å². The minimum Gasteiger partial charge on any atom is -0.306 e. The average Bonchev–Trinajstić information content (AvgIpc) is 2.90. The van der Waals surface area contributed by atoms with Crippen molar-refractivity contribution < 1.29 is 0 Å². The summed E-state index contributed by atoms with van der Waals surface area (Å²) in [5, 5.41) is 0. The molecule has 2 N–H and O–H groups in total. The second-order valence-corrected chi connectivity index (χ2v) is 8.64. The fraction of sp³-hybridized carbons (Fsp3) is 0.154. The van der Waals surface area contributed by atoms with Crippen molar-refractivity contribution in [2.45, 2.75) is 11.8 Å². The van der Waals surface area contributed by atoms with E-state index in [0.29, 0.717) is 0 Å². The number of nitrogens with one attached hydrogen (secondary N) is 2. The molecule has 104 valence electrons. The molecule has 0 saturated carbocycles. The van der Waals surface area contributed by atoms with E-state index >= 15 is 0 Å². The van der Waals surface area contributed by atoms with Crippen molar-refractivity contribution in [3.8, 4) is 0 Å². The number of thiophene rings is 1. The fourth-order valence-electron chi connectivity index (χ4n) is 2.03. The van der Waals surface area contributed by atoms with Crippen molar-refractivity contribution in [1.82, 2.24) is 9.97 Å². The Bertz CT molecular complexity index is 830. The maximum atomic E-state index is 11.4. The van der Waals surface area contributed by atoms with E-state index in [1.165, 1.54) is 10.4 Å². The van der Waals surface area contributed by atoms with Crippen molar-refractivity contribution in [1.29, 1.82) is 0 Å². The zero-order chi connectivity index (χ0) is 14.4. The Balaban J connectivity index is 2.12. The van der Waals surface area contributed by atoms with E-state index in [1.807, 2.05) is 12.1 Å². The lowest BCUT2D eigenvalue weighted by Gasteiger charge is -2.10. The number of benzene rings is 1. The van der Waals surface area contributed by atoms with Crippen LogP contribution in [0.5, 0.6) is 0 Å². The van der Waals surface area contributed by atoms with Gasteiger partial charge in [0.05, 0.1) is 19.6 Å². The van der Waals surface area contributed by atoms with Crippen LogP contribution in [0.25, 0.3) is 11.0 Å². The first-order valence-corrected chi connectivity index (χ1v) is 9.09. The molecule has 0 saturated heterocycles. The Labute approximate surface area is 144 Å². The highest BCUT2D eigenvalue weighted by Gasteiger charge is 2.18. The summed E-state index contributed by atoms with van der Waals surface area (Å²) in [6.45, 7) is 2.08. The summed E-state index contributed by atoms with van der Waals surface area (Å²) in [6.07, 6.45) is 0. The van der Waals surface area contributed by atoms with Crippen LogP contribution < -0.4 is 5.69 Å². The number of aromatic nitrogens is 2. The second kappa shape index (κ2) is 5.44. The molecule has 0 fully saturated rings. The predicted molar refractivity (Wildman–Crippen MR) is 94.1 cm³/mol. The van der Waals surface area contributed by atoms with Crippen molar-refractivity contribution in [3.05, 3.63) is 52.9 Å². The molecule has 2 heterocycles. The molecule has 1 aromatic carbocycles. The molecule has 0 bridgehead atoms. The third-order valence-corrected chi connectivity index (χ3v) is 7.21. The summed E-state index contributed by atoms with van der Waals surface area (Å²) < 4.78 is 2.11. The molecular formula is C13H9Br3N2OS. The number of hydrogen-bond acceptors (Lipinski definition) is 2. The van der Waals surface area contributed by atoms with Crippen LogP contribution in [0.15, 0.2) is 31.3 Å². The summed E-state index contributed by atoms with van der Waals surface area (Å²) in [5.41, 5.74) is 3.73. The maximum absolute atomic E-state index is 11.4. The molecule has 7 heteroatoms. The Hall–Kier alpha value is -0.370. The van der Waals surface area contributed by atoms with Crippen LogP contribution in [0, 0.1) is 6.92 Å². The van der Waals surface area contributed by atoms with Crippen LogP contribution in [0.3, 0.4) is 0 Å². The van der Waals surface area contributed by atoms with E-state index in [0.717, 1.165) is 24.9 Å². The van der Waals surface area contributed by atoms with Crippen molar-refractivity contribution >= 4 is 70.2 Å². The maximum Gasteiger partial charge on any atom is 0.323 e. The van der Waals surface area contributed by atoms with Crippen LogP contribution in [-0.2, 0) is 0 Å². The molecule has 0 aliphatic rings. The zero-order valence-electron chi connectivity index (χ0n) is 10.3. The molecule has 0 radical (unpaired) electrons. The first kappa shape index (κ1) is 14.6. The van der Waals surface area contributed by atoms with Gasteiger partial charge in [0, 0.05) is 9.35 Å². The predicted octanol–water partition coefficient (Wildman–Crippen LogP) is 5.24. The van der Waals surface area contributed by atoms with Gasteiger partial charge in [0.15, 0.2) is 0 Å². The standard InChI is InChI=1S/C13H9Br3N2OS/c1-5-2-10(20-12(5)16)11(15)6-3-8-9(4-7(6)14)18-13(19)17-8/h2-4,11H,1H3,(H2,17,18,19). The molecule has 3 nitrogen and oxygen atoms in total. The SMILES string of the molecule is Cc1cc(C(Br)c2cc3[nH]c(=O)[nH]c3cc2Br)sc1Br. The lowest BCUT2D eigenvalue weighted by molar-refractivity contribution is 1.20. The van der Waals surface area contributed by atoms with Gasteiger partial charge >= 0.3 is 5.69 Å². The molecule has 1 atom stereocenters. The van der Waals surface area contributed by atoms with E-state index in [2.05, 4.69) is 70.7 Å². The van der Waals surface area contributed by atoms with E-state index < -0.39 is 0 Å². The number of rotatable bonds is 2. The monoisotopic (exact) mass is 478 g/mol. The Morgan fingerprint density at radius 1 is 1.15 bits per heavy atom. The van der Waals surface area contributed by atoms with Crippen LogP contribution in [0.1, 0.15) is 20.8 Å². The second-order valence-electron chi connectivity index (χ2n) is 4.47. The number of alkyl halides is 1. The largest absolute Gasteiger partial charge is 0.323 e. The molecule has 3 aromatic rings. The van der Waals surface area contributed by atoms with Gasteiger partial charge in [0.1, 0.15) is 0 Å². The van der Waals surface area contributed by atoms with Gasteiger partial charge in [-0.1, -0.05) is 31.9 Å².